The molecule has 190 valence electrons. The van der Waals surface area contributed by atoms with Crippen LogP contribution in [0.3, 0.4) is 0 Å². The molecule has 1 fully saturated rings. The lowest BCUT2D eigenvalue weighted by Crippen LogP contribution is -2.35. The standard InChI is InChI=1S/C28H28N4O5/c1-36-28(35)31-26(29)20-10-7-11-23(18-20)37-25(19-8-3-2-4-9-19)27(34)30-21-13-15-22(16-14-21)32-17-6-5-12-24(32)33/h2-4,7-11,13-16,18,25H,5-6,12,17H2,1H3,(H,30,34)(H2,29,31,35). The topological polar surface area (TPSA) is 121 Å². The number of carbonyl (C=O) groups excluding carboxylic acids is 3. The third-order valence-corrected chi connectivity index (χ3v) is 5.90. The lowest BCUT2D eigenvalue weighted by atomic mass is 10.1. The van der Waals surface area contributed by atoms with Crippen molar-refractivity contribution >= 4 is 35.1 Å². The molecule has 3 amide bonds. The molecule has 0 radical (unpaired) electrons. The fraction of sp³-hybridized carbons (Fsp3) is 0.214. The van der Waals surface area contributed by atoms with Crippen molar-refractivity contribution in [2.45, 2.75) is 25.4 Å². The number of carbonyl (C=O) groups is 3. The van der Waals surface area contributed by atoms with Crippen LogP contribution >= 0.6 is 0 Å². The molecule has 1 heterocycles. The highest BCUT2D eigenvalue weighted by atomic mass is 16.5. The van der Waals surface area contributed by atoms with Gasteiger partial charge in [-0.3, -0.25) is 20.3 Å². The van der Waals surface area contributed by atoms with E-state index in [1.165, 1.54) is 7.11 Å². The molecular formula is C28H28N4O5. The minimum Gasteiger partial charge on any atom is -0.476 e. The van der Waals surface area contributed by atoms with Gasteiger partial charge in [0.25, 0.3) is 5.91 Å². The zero-order valence-corrected chi connectivity index (χ0v) is 20.4. The van der Waals surface area contributed by atoms with Crippen molar-refractivity contribution in [2.75, 3.05) is 23.9 Å². The molecule has 1 unspecified atom stereocenters. The van der Waals surface area contributed by atoms with Crippen molar-refractivity contribution in [3.63, 3.8) is 0 Å². The largest absolute Gasteiger partial charge is 0.476 e. The van der Waals surface area contributed by atoms with Crippen molar-refractivity contribution in [3.05, 3.63) is 90.0 Å². The molecule has 0 bridgehead atoms. The smallest absolute Gasteiger partial charge is 0.412 e. The number of rotatable bonds is 7. The van der Waals surface area contributed by atoms with Crippen molar-refractivity contribution in [3.8, 4) is 5.75 Å². The van der Waals surface area contributed by atoms with E-state index >= 15 is 0 Å². The van der Waals surface area contributed by atoms with Crippen LogP contribution in [0.15, 0.2) is 78.9 Å². The number of amidine groups is 1. The summed E-state index contributed by atoms with van der Waals surface area (Å²) in [4.78, 5) is 38.8. The van der Waals surface area contributed by atoms with Gasteiger partial charge < -0.3 is 19.7 Å². The second-order valence-corrected chi connectivity index (χ2v) is 8.47. The summed E-state index contributed by atoms with van der Waals surface area (Å²) in [6, 6.07) is 22.8. The Labute approximate surface area is 214 Å². The summed E-state index contributed by atoms with van der Waals surface area (Å²) in [6.45, 7) is 0.695. The second-order valence-electron chi connectivity index (χ2n) is 8.47. The number of nitrogens with zero attached hydrogens (tertiary/aromatic N) is 1. The van der Waals surface area contributed by atoms with Crippen LogP contribution in [0.5, 0.6) is 5.75 Å². The SMILES string of the molecule is COC(=O)NC(=N)c1cccc(OC(C(=O)Nc2ccc(N3CCCCC3=O)cc2)c2ccccc2)c1. The van der Waals surface area contributed by atoms with Crippen LogP contribution in [0.1, 0.15) is 36.5 Å². The molecule has 9 nitrogen and oxygen atoms in total. The summed E-state index contributed by atoms with van der Waals surface area (Å²) in [5, 5.41) is 13.3. The number of amides is 3. The van der Waals surface area contributed by atoms with Crippen LogP contribution in [0.4, 0.5) is 16.2 Å². The number of alkyl carbamates (subject to hydrolysis) is 1. The molecule has 3 aromatic rings. The van der Waals surface area contributed by atoms with E-state index in [1.54, 1.807) is 53.4 Å². The van der Waals surface area contributed by atoms with E-state index in [9.17, 15) is 14.4 Å². The van der Waals surface area contributed by atoms with Crippen LogP contribution in [0, 0.1) is 5.41 Å². The zero-order valence-electron chi connectivity index (χ0n) is 20.4. The summed E-state index contributed by atoms with van der Waals surface area (Å²) < 4.78 is 10.6. The second kappa shape index (κ2) is 11.9. The van der Waals surface area contributed by atoms with E-state index in [4.69, 9.17) is 10.1 Å². The van der Waals surface area contributed by atoms with Gasteiger partial charge in [-0.15, -0.1) is 0 Å². The number of anilines is 2. The summed E-state index contributed by atoms with van der Waals surface area (Å²) in [7, 11) is 1.21. The molecule has 0 saturated carbocycles. The molecule has 1 aliphatic rings. The maximum absolute atomic E-state index is 13.3. The number of hydrogen-bond donors (Lipinski definition) is 3. The van der Waals surface area contributed by atoms with Crippen molar-refractivity contribution in [1.29, 1.82) is 5.41 Å². The Hall–Kier alpha value is -4.66. The monoisotopic (exact) mass is 500 g/mol. The Kier molecular flexibility index (Phi) is 8.15. The third-order valence-electron chi connectivity index (χ3n) is 5.90. The van der Waals surface area contributed by atoms with Gasteiger partial charge >= 0.3 is 6.09 Å². The normalized spacial score (nSPS) is 13.9. The van der Waals surface area contributed by atoms with Gasteiger partial charge in [0, 0.05) is 35.5 Å². The highest BCUT2D eigenvalue weighted by molar-refractivity contribution is 6.04. The van der Waals surface area contributed by atoms with E-state index in [1.807, 2.05) is 30.3 Å². The Morgan fingerprint density at radius 1 is 0.973 bits per heavy atom. The van der Waals surface area contributed by atoms with Gasteiger partial charge in [-0.1, -0.05) is 42.5 Å². The molecule has 1 aliphatic heterocycles. The van der Waals surface area contributed by atoms with Gasteiger partial charge in [0.15, 0.2) is 0 Å². The molecule has 0 aliphatic carbocycles. The lowest BCUT2D eigenvalue weighted by molar-refractivity contribution is -0.123. The van der Waals surface area contributed by atoms with E-state index in [0.717, 1.165) is 18.5 Å². The Bertz CT molecular complexity index is 1280. The molecule has 37 heavy (non-hydrogen) atoms. The number of methoxy groups -OCH3 is 1. The van der Waals surface area contributed by atoms with Crippen LogP contribution < -0.4 is 20.3 Å². The first-order valence-electron chi connectivity index (χ1n) is 11.9. The first-order valence-corrected chi connectivity index (χ1v) is 11.9. The molecule has 1 atom stereocenters. The summed E-state index contributed by atoms with van der Waals surface area (Å²) >= 11 is 0. The molecule has 0 aromatic heterocycles. The molecule has 4 rings (SSSR count). The number of benzene rings is 3. The maximum Gasteiger partial charge on any atom is 0.412 e. The number of ether oxygens (including phenoxy) is 2. The Morgan fingerprint density at radius 3 is 2.43 bits per heavy atom. The molecule has 3 aromatic carbocycles. The third kappa shape index (κ3) is 6.52. The van der Waals surface area contributed by atoms with Crippen LogP contribution in [-0.4, -0.2) is 37.4 Å². The highest BCUT2D eigenvalue weighted by Gasteiger charge is 2.24. The van der Waals surface area contributed by atoms with Gasteiger partial charge in [0.05, 0.1) is 7.11 Å². The van der Waals surface area contributed by atoms with E-state index in [2.05, 4.69) is 15.4 Å². The van der Waals surface area contributed by atoms with Crippen molar-refractivity contribution in [2.24, 2.45) is 0 Å². The molecule has 9 heteroatoms. The average Bonchev–Trinajstić information content (AvgIpc) is 2.93. The van der Waals surface area contributed by atoms with E-state index in [0.29, 0.717) is 35.5 Å². The number of nitrogens with one attached hydrogen (secondary N) is 3. The molecule has 1 saturated heterocycles. The Balaban J connectivity index is 1.51. The van der Waals surface area contributed by atoms with Gasteiger partial charge in [-0.2, -0.15) is 0 Å². The zero-order chi connectivity index (χ0) is 26.2. The van der Waals surface area contributed by atoms with Gasteiger partial charge in [0.2, 0.25) is 12.0 Å². The predicted octanol–water partition coefficient (Wildman–Crippen LogP) is 4.64. The van der Waals surface area contributed by atoms with E-state index in [-0.39, 0.29) is 17.6 Å². The first-order chi connectivity index (χ1) is 17.9. The summed E-state index contributed by atoms with van der Waals surface area (Å²) in [5.74, 6) is -0.0963. The quantitative estimate of drug-likeness (QED) is 0.322. The fourth-order valence-electron chi connectivity index (χ4n) is 4.00. The first kappa shape index (κ1) is 25.4. The van der Waals surface area contributed by atoms with Crippen LogP contribution in [0.2, 0.25) is 0 Å². The minimum atomic E-state index is -0.984. The number of piperidine rings is 1. The minimum absolute atomic E-state index is 0.109. The highest BCUT2D eigenvalue weighted by Crippen LogP contribution is 2.26. The molecular weight excluding hydrogens is 472 g/mol. The van der Waals surface area contributed by atoms with E-state index < -0.39 is 12.2 Å². The van der Waals surface area contributed by atoms with Crippen molar-refractivity contribution in [1.82, 2.24) is 5.32 Å². The average molecular weight is 501 g/mol. The lowest BCUT2D eigenvalue weighted by Gasteiger charge is -2.27. The van der Waals surface area contributed by atoms with Gasteiger partial charge in [-0.25, -0.2) is 4.79 Å². The number of hydrogen-bond acceptors (Lipinski definition) is 6. The summed E-state index contributed by atoms with van der Waals surface area (Å²) in [5.41, 5.74) is 2.40. The maximum atomic E-state index is 13.3. The fourth-order valence-corrected chi connectivity index (χ4v) is 4.00. The Morgan fingerprint density at radius 2 is 1.73 bits per heavy atom. The predicted molar refractivity (Wildman–Crippen MR) is 140 cm³/mol. The molecule has 0 spiro atoms. The van der Waals surface area contributed by atoms with Crippen molar-refractivity contribution < 1.29 is 23.9 Å². The van der Waals surface area contributed by atoms with Crippen LogP contribution in [0.25, 0.3) is 0 Å². The van der Waals surface area contributed by atoms with Gasteiger partial charge in [0.1, 0.15) is 11.6 Å². The van der Waals surface area contributed by atoms with Crippen LogP contribution in [-0.2, 0) is 14.3 Å². The van der Waals surface area contributed by atoms with Gasteiger partial charge in [-0.05, 0) is 49.2 Å². The molecule has 3 N–H and O–H groups in total. The summed E-state index contributed by atoms with van der Waals surface area (Å²) in [6.07, 6.45) is 0.695.